The number of nitrogens with zero attached hydrogens (tertiary/aromatic N) is 3. The number of nitriles is 1. The number of carbonyl (C=O) groups is 1. The summed E-state index contributed by atoms with van der Waals surface area (Å²) in [7, 11) is 1.60. The average Bonchev–Trinajstić information content (AvgIpc) is 3.15. The first-order chi connectivity index (χ1) is 12.7. The molecule has 7 heteroatoms. The van der Waals surface area contributed by atoms with Crippen molar-refractivity contribution in [2.45, 2.75) is 12.8 Å². The van der Waals surface area contributed by atoms with Crippen LogP contribution < -0.4 is 10.1 Å². The first-order valence-corrected chi connectivity index (χ1v) is 7.95. The Kier molecular flexibility index (Phi) is 5.25. The summed E-state index contributed by atoms with van der Waals surface area (Å²) < 4.78 is 10.3. The zero-order chi connectivity index (χ0) is 18.4. The summed E-state index contributed by atoms with van der Waals surface area (Å²) in [6.07, 6.45) is 0.522. The lowest BCUT2D eigenvalue weighted by Gasteiger charge is -2.04. The van der Waals surface area contributed by atoms with Crippen molar-refractivity contribution in [2.75, 3.05) is 12.4 Å². The van der Waals surface area contributed by atoms with E-state index in [1.807, 2.05) is 30.3 Å². The van der Waals surface area contributed by atoms with Crippen molar-refractivity contribution in [1.29, 1.82) is 5.26 Å². The molecule has 0 aliphatic heterocycles. The summed E-state index contributed by atoms with van der Waals surface area (Å²) in [5.41, 5.74) is 1.88. The zero-order valence-corrected chi connectivity index (χ0v) is 14.1. The molecule has 1 N–H and O–H groups in total. The maximum Gasteiger partial charge on any atom is 0.227 e. The molecule has 0 saturated heterocycles. The van der Waals surface area contributed by atoms with Gasteiger partial charge in [0, 0.05) is 24.1 Å². The molecule has 2 aromatic carbocycles. The number of rotatable bonds is 6. The van der Waals surface area contributed by atoms with E-state index in [4.69, 9.17) is 14.5 Å². The quantitative estimate of drug-likeness (QED) is 0.734. The molecule has 0 unspecified atom stereocenters. The van der Waals surface area contributed by atoms with Crippen molar-refractivity contribution < 1.29 is 14.1 Å². The molecular formula is C19H16N4O3. The van der Waals surface area contributed by atoms with E-state index in [0.29, 0.717) is 29.4 Å². The summed E-state index contributed by atoms with van der Waals surface area (Å²) in [4.78, 5) is 16.3. The van der Waals surface area contributed by atoms with Crippen LogP contribution in [0.2, 0.25) is 0 Å². The number of carbonyl (C=O) groups excluding carboxylic acids is 1. The highest BCUT2D eigenvalue weighted by Gasteiger charge is 2.11. The summed E-state index contributed by atoms with van der Waals surface area (Å²) >= 11 is 0. The fraction of sp³-hybridized carbons (Fsp3) is 0.158. The van der Waals surface area contributed by atoms with Gasteiger partial charge >= 0.3 is 0 Å². The lowest BCUT2D eigenvalue weighted by atomic mass is 10.2. The topological polar surface area (TPSA) is 101 Å². The van der Waals surface area contributed by atoms with E-state index in [9.17, 15) is 4.79 Å². The number of anilines is 1. The minimum atomic E-state index is -0.190. The number of benzene rings is 2. The Morgan fingerprint density at radius 3 is 2.81 bits per heavy atom. The second-order valence-corrected chi connectivity index (χ2v) is 5.48. The van der Waals surface area contributed by atoms with E-state index < -0.39 is 0 Å². The van der Waals surface area contributed by atoms with Crippen LogP contribution in [-0.4, -0.2) is 23.2 Å². The van der Waals surface area contributed by atoms with Gasteiger partial charge in [-0.3, -0.25) is 4.79 Å². The maximum absolute atomic E-state index is 12.0. The molecule has 0 fully saturated rings. The highest BCUT2D eigenvalue weighted by atomic mass is 16.5. The minimum absolute atomic E-state index is 0.190. The van der Waals surface area contributed by atoms with Crippen LogP contribution in [0.15, 0.2) is 53.1 Å². The molecule has 0 aliphatic carbocycles. The fourth-order valence-corrected chi connectivity index (χ4v) is 2.32. The molecule has 1 amide bonds. The smallest absolute Gasteiger partial charge is 0.227 e. The number of ether oxygens (including phenoxy) is 1. The third-order valence-electron chi connectivity index (χ3n) is 3.66. The van der Waals surface area contributed by atoms with Gasteiger partial charge in [-0.2, -0.15) is 10.2 Å². The number of aromatic nitrogens is 2. The van der Waals surface area contributed by atoms with Gasteiger partial charge in [0.25, 0.3) is 0 Å². The molecule has 130 valence electrons. The summed E-state index contributed by atoms with van der Waals surface area (Å²) in [5.74, 6) is 1.40. The van der Waals surface area contributed by atoms with Crippen molar-refractivity contribution in [1.82, 2.24) is 10.1 Å². The number of amides is 1. The fourth-order valence-electron chi connectivity index (χ4n) is 2.32. The molecule has 1 aromatic heterocycles. The lowest BCUT2D eigenvalue weighted by molar-refractivity contribution is -0.116. The number of hydrogen-bond acceptors (Lipinski definition) is 6. The van der Waals surface area contributed by atoms with E-state index in [-0.39, 0.29) is 12.3 Å². The Hall–Kier alpha value is -3.66. The first-order valence-electron chi connectivity index (χ1n) is 7.95. The molecule has 3 aromatic rings. The Balaban J connectivity index is 1.57. The van der Waals surface area contributed by atoms with E-state index in [1.165, 1.54) is 0 Å². The minimum Gasteiger partial charge on any atom is -0.497 e. The molecule has 0 bridgehead atoms. The van der Waals surface area contributed by atoms with Crippen molar-refractivity contribution in [3.8, 4) is 23.2 Å². The third-order valence-corrected chi connectivity index (χ3v) is 3.66. The lowest BCUT2D eigenvalue weighted by Crippen LogP contribution is -2.12. The Labute approximate surface area is 150 Å². The van der Waals surface area contributed by atoms with Crippen LogP contribution in [-0.2, 0) is 11.2 Å². The van der Waals surface area contributed by atoms with Crippen LogP contribution in [0.5, 0.6) is 5.75 Å². The predicted molar refractivity (Wildman–Crippen MR) is 94.4 cm³/mol. The molecule has 1 heterocycles. The molecule has 0 saturated carbocycles. The monoisotopic (exact) mass is 348 g/mol. The van der Waals surface area contributed by atoms with Crippen molar-refractivity contribution in [3.63, 3.8) is 0 Å². The SMILES string of the molecule is COc1ccc(-c2noc(CCC(=O)Nc3cccc(C#N)c3)n2)cc1. The van der Waals surface area contributed by atoms with E-state index in [2.05, 4.69) is 15.5 Å². The third kappa shape index (κ3) is 4.24. The van der Waals surface area contributed by atoms with Crippen LogP contribution in [0, 0.1) is 11.3 Å². The van der Waals surface area contributed by atoms with Gasteiger partial charge in [0.05, 0.1) is 18.7 Å². The second kappa shape index (κ2) is 7.94. The number of methoxy groups -OCH3 is 1. The molecule has 7 nitrogen and oxygen atoms in total. The van der Waals surface area contributed by atoms with Crippen molar-refractivity contribution in [3.05, 3.63) is 60.0 Å². The van der Waals surface area contributed by atoms with Crippen LogP contribution >= 0.6 is 0 Å². The van der Waals surface area contributed by atoms with Gasteiger partial charge in [-0.15, -0.1) is 0 Å². The van der Waals surface area contributed by atoms with Gasteiger partial charge in [0.2, 0.25) is 17.6 Å². The molecular weight excluding hydrogens is 332 g/mol. The Bertz CT molecular complexity index is 942. The average molecular weight is 348 g/mol. The standard InChI is InChI=1S/C19H16N4O3/c1-25-16-7-5-14(6-8-16)19-22-18(26-23-19)10-9-17(24)21-15-4-2-3-13(11-15)12-20/h2-8,11H,9-10H2,1H3,(H,21,24). The molecule has 0 radical (unpaired) electrons. The van der Waals surface area contributed by atoms with E-state index in [0.717, 1.165) is 11.3 Å². The van der Waals surface area contributed by atoms with Crippen LogP contribution in [0.4, 0.5) is 5.69 Å². The van der Waals surface area contributed by atoms with E-state index in [1.54, 1.807) is 31.4 Å². The van der Waals surface area contributed by atoms with Gasteiger partial charge in [0.1, 0.15) is 5.75 Å². The van der Waals surface area contributed by atoms with Crippen LogP contribution in [0.3, 0.4) is 0 Å². The van der Waals surface area contributed by atoms with Gasteiger partial charge in [-0.1, -0.05) is 11.2 Å². The van der Waals surface area contributed by atoms with Crippen molar-refractivity contribution in [2.24, 2.45) is 0 Å². The predicted octanol–water partition coefficient (Wildman–Crippen LogP) is 3.19. The van der Waals surface area contributed by atoms with Gasteiger partial charge < -0.3 is 14.6 Å². The molecule has 0 spiro atoms. The van der Waals surface area contributed by atoms with Gasteiger partial charge in [0.15, 0.2) is 0 Å². The highest BCUT2D eigenvalue weighted by Crippen LogP contribution is 2.20. The number of aryl methyl sites for hydroxylation is 1. The molecule has 0 aliphatic rings. The summed E-state index contributed by atoms with van der Waals surface area (Å²) in [6.45, 7) is 0. The first kappa shape index (κ1) is 17.2. The molecule has 3 rings (SSSR count). The number of hydrogen-bond donors (Lipinski definition) is 1. The number of nitrogens with one attached hydrogen (secondary N) is 1. The largest absolute Gasteiger partial charge is 0.497 e. The van der Waals surface area contributed by atoms with Crippen LogP contribution in [0.25, 0.3) is 11.4 Å². The van der Waals surface area contributed by atoms with E-state index >= 15 is 0 Å². The maximum atomic E-state index is 12.0. The highest BCUT2D eigenvalue weighted by molar-refractivity contribution is 5.90. The van der Waals surface area contributed by atoms with Gasteiger partial charge in [-0.05, 0) is 42.5 Å². The van der Waals surface area contributed by atoms with Crippen LogP contribution in [0.1, 0.15) is 17.9 Å². The second-order valence-electron chi connectivity index (χ2n) is 5.48. The summed E-state index contributed by atoms with van der Waals surface area (Å²) in [6, 6.07) is 16.1. The van der Waals surface area contributed by atoms with Gasteiger partial charge in [-0.25, -0.2) is 0 Å². The van der Waals surface area contributed by atoms with Crippen molar-refractivity contribution >= 4 is 11.6 Å². The normalized spacial score (nSPS) is 10.2. The Morgan fingerprint density at radius 1 is 1.27 bits per heavy atom. The Morgan fingerprint density at radius 2 is 2.08 bits per heavy atom. The zero-order valence-electron chi connectivity index (χ0n) is 14.1. The summed E-state index contributed by atoms with van der Waals surface area (Å²) in [5, 5.41) is 15.6. The molecule has 26 heavy (non-hydrogen) atoms. The molecule has 0 atom stereocenters.